The quantitative estimate of drug-likeness (QED) is 0.374. The molecule has 1 aliphatic heterocycles. The zero-order chi connectivity index (χ0) is 29.7. The summed E-state index contributed by atoms with van der Waals surface area (Å²) in [6.07, 6.45) is -0.445. The largest absolute Gasteiger partial charge is 0.487 e. The van der Waals surface area contributed by atoms with Crippen molar-refractivity contribution >= 4 is 11.9 Å². The second kappa shape index (κ2) is 20.3. The third-order valence-electron chi connectivity index (χ3n) is 5.54. The molecule has 2 aromatic rings. The summed E-state index contributed by atoms with van der Waals surface area (Å²) in [5.74, 6) is 0.960. The summed E-state index contributed by atoms with van der Waals surface area (Å²) >= 11 is 0. The highest BCUT2D eigenvalue weighted by molar-refractivity contribution is 5.91. The Kier molecular flexibility index (Phi) is 15.9. The molecule has 0 unspecified atom stereocenters. The highest BCUT2D eigenvalue weighted by atomic mass is 16.6. The van der Waals surface area contributed by atoms with Crippen molar-refractivity contribution in [2.24, 2.45) is 0 Å². The Hall–Kier alpha value is -3.58. The van der Waals surface area contributed by atoms with Gasteiger partial charge < -0.3 is 47.4 Å². The van der Waals surface area contributed by atoms with E-state index in [1.165, 1.54) is 0 Å². The van der Waals surface area contributed by atoms with Gasteiger partial charge in [0.25, 0.3) is 0 Å². The molecule has 3 rings (SSSR count). The molecule has 1 aliphatic rings. The zero-order valence-electron chi connectivity index (χ0n) is 24.0. The molecule has 2 aromatic carbocycles. The monoisotopic (exact) mass is 592 g/mol. The fraction of sp³-hybridized carbons (Fsp3) is 0.533. The SMILES string of the molecule is CCOC(=O)CC(=O)OCc1ccc2c(c1)OCCOCCOCCOc1ccccc1OCCOCCOCCO2. The van der Waals surface area contributed by atoms with Gasteiger partial charge >= 0.3 is 11.9 Å². The molecule has 0 spiro atoms. The number of esters is 2. The maximum absolute atomic E-state index is 11.9. The number of para-hydroxylation sites is 2. The third-order valence-corrected chi connectivity index (χ3v) is 5.54. The molecule has 232 valence electrons. The van der Waals surface area contributed by atoms with Crippen LogP contribution in [0.25, 0.3) is 0 Å². The average molecular weight is 593 g/mol. The molecule has 0 saturated carbocycles. The van der Waals surface area contributed by atoms with E-state index in [2.05, 4.69) is 0 Å². The molecule has 0 fully saturated rings. The molecule has 0 atom stereocenters. The van der Waals surface area contributed by atoms with Crippen molar-refractivity contribution in [3.8, 4) is 23.0 Å². The number of rotatable bonds is 5. The van der Waals surface area contributed by atoms with Gasteiger partial charge in [-0.1, -0.05) is 18.2 Å². The second-order valence-corrected chi connectivity index (χ2v) is 8.71. The normalized spacial score (nSPS) is 16.4. The maximum atomic E-state index is 11.9. The number of hydrogen-bond donors (Lipinski definition) is 0. The number of carbonyl (C=O) groups is 2. The van der Waals surface area contributed by atoms with Gasteiger partial charge in [0, 0.05) is 0 Å². The first-order valence-corrected chi connectivity index (χ1v) is 14.0. The van der Waals surface area contributed by atoms with E-state index in [9.17, 15) is 9.59 Å². The first-order chi connectivity index (χ1) is 20.7. The lowest BCUT2D eigenvalue weighted by atomic mass is 10.2. The van der Waals surface area contributed by atoms with E-state index in [0.717, 1.165) is 0 Å². The van der Waals surface area contributed by atoms with Crippen LogP contribution < -0.4 is 18.9 Å². The van der Waals surface area contributed by atoms with Crippen LogP contribution in [0.5, 0.6) is 23.0 Å². The van der Waals surface area contributed by atoms with E-state index >= 15 is 0 Å². The number of carbonyl (C=O) groups excluding carboxylic acids is 2. The molecule has 0 saturated heterocycles. The van der Waals surface area contributed by atoms with Gasteiger partial charge in [0.1, 0.15) is 39.5 Å². The van der Waals surface area contributed by atoms with Crippen LogP contribution in [0.2, 0.25) is 0 Å². The molecule has 0 radical (unpaired) electrons. The van der Waals surface area contributed by atoms with Crippen molar-refractivity contribution in [2.45, 2.75) is 20.0 Å². The minimum Gasteiger partial charge on any atom is -0.487 e. The van der Waals surface area contributed by atoms with Gasteiger partial charge in [0.05, 0.1) is 59.5 Å². The van der Waals surface area contributed by atoms with E-state index < -0.39 is 18.4 Å². The lowest BCUT2D eigenvalue weighted by Crippen LogP contribution is -2.16. The van der Waals surface area contributed by atoms with Crippen molar-refractivity contribution in [1.82, 2.24) is 0 Å². The molecule has 0 amide bonds. The van der Waals surface area contributed by atoms with Crippen LogP contribution in [0.4, 0.5) is 0 Å². The summed E-state index contributed by atoms with van der Waals surface area (Å²) in [7, 11) is 0. The van der Waals surface area contributed by atoms with Gasteiger partial charge in [-0.3, -0.25) is 9.59 Å². The topological polar surface area (TPSA) is 126 Å². The van der Waals surface area contributed by atoms with Gasteiger partial charge in [-0.2, -0.15) is 0 Å². The first-order valence-electron chi connectivity index (χ1n) is 14.0. The standard InChI is InChI=1S/C30H40O12/c1-2-37-29(31)22-30(32)42-23-24-7-8-27-28(21-24)41-20-16-36-12-11-34-14-18-39-26-6-4-3-5-25(26)38-17-13-33-9-10-35-15-19-40-27/h3-8,21H,2,9-20,22-23H2,1H3. The molecular weight excluding hydrogens is 552 g/mol. The van der Waals surface area contributed by atoms with E-state index in [0.29, 0.717) is 94.6 Å². The van der Waals surface area contributed by atoms with Crippen LogP contribution >= 0.6 is 0 Å². The molecular formula is C30H40O12. The van der Waals surface area contributed by atoms with Crippen LogP contribution in [0.15, 0.2) is 42.5 Å². The molecule has 1 heterocycles. The molecule has 12 heteroatoms. The van der Waals surface area contributed by atoms with Gasteiger partial charge in [-0.15, -0.1) is 0 Å². The Labute approximate surface area is 246 Å². The predicted octanol–water partition coefficient (Wildman–Crippen LogP) is 2.98. The van der Waals surface area contributed by atoms with Crippen LogP contribution in [0, 0.1) is 0 Å². The Bertz CT molecular complexity index is 1060. The molecule has 0 aliphatic carbocycles. The van der Waals surface area contributed by atoms with Gasteiger partial charge in [0.15, 0.2) is 23.0 Å². The van der Waals surface area contributed by atoms with Gasteiger partial charge in [-0.25, -0.2) is 0 Å². The van der Waals surface area contributed by atoms with Crippen molar-refractivity contribution < 1.29 is 57.0 Å². The van der Waals surface area contributed by atoms with Crippen LogP contribution in [-0.2, 0) is 44.6 Å². The maximum Gasteiger partial charge on any atom is 0.317 e. The Morgan fingerprint density at radius 1 is 0.571 bits per heavy atom. The number of benzene rings is 2. The first kappa shape index (κ1) is 32.9. The zero-order valence-corrected chi connectivity index (χ0v) is 24.0. The molecule has 0 aromatic heterocycles. The van der Waals surface area contributed by atoms with Gasteiger partial charge in [0.2, 0.25) is 0 Å². The Morgan fingerprint density at radius 3 is 1.50 bits per heavy atom. The van der Waals surface area contributed by atoms with Crippen molar-refractivity contribution in [3.05, 3.63) is 48.0 Å². The minimum atomic E-state index is -0.672. The Balaban J connectivity index is 1.50. The van der Waals surface area contributed by atoms with Crippen LogP contribution in [0.3, 0.4) is 0 Å². The van der Waals surface area contributed by atoms with Crippen molar-refractivity contribution in [1.29, 1.82) is 0 Å². The van der Waals surface area contributed by atoms with E-state index in [-0.39, 0.29) is 26.4 Å². The lowest BCUT2D eigenvalue weighted by Gasteiger charge is -2.15. The fourth-order valence-electron chi connectivity index (χ4n) is 3.59. The fourth-order valence-corrected chi connectivity index (χ4v) is 3.59. The second-order valence-electron chi connectivity index (χ2n) is 8.71. The average Bonchev–Trinajstić information content (AvgIpc) is 2.99. The highest BCUT2D eigenvalue weighted by Gasteiger charge is 2.13. The summed E-state index contributed by atoms with van der Waals surface area (Å²) < 4.78 is 55.7. The molecule has 12 nitrogen and oxygen atoms in total. The number of hydrogen-bond acceptors (Lipinski definition) is 12. The van der Waals surface area contributed by atoms with Crippen LogP contribution in [0.1, 0.15) is 18.9 Å². The summed E-state index contributed by atoms with van der Waals surface area (Å²) in [5.41, 5.74) is 0.666. The molecule has 0 N–H and O–H groups in total. The summed E-state index contributed by atoms with van der Waals surface area (Å²) in [5, 5.41) is 0. The number of fused-ring (bicyclic) bond motifs is 2. The van der Waals surface area contributed by atoms with Crippen LogP contribution in [-0.4, -0.2) is 97.8 Å². The smallest absolute Gasteiger partial charge is 0.317 e. The van der Waals surface area contributed by atoms with E-state index in [1.54, 1.807) is 25.1 Å². The summed E-state index contributed by atoms with van der Waals surface area (Å²) in [4.78, 5) is 23.4. The number of ether oxygens (including phenoxy) is 10. The molecule has 42 heavy (non-hydrogen) atoms. The third kappa shape index (κ3) is 13.4. The van der Waals surface area contributed by atoms with Crippen molar-refractivity contribution in [3.63, 3.8) is 0 Å². The van der Waals surface area contributed by atoms with Gasteiger partial charge in [-0.05, 0) is 36.8 Å². The Morgan fingerprint density at radius 2 is 1.00 bits per heavy atom. The van der Waals surface area contributed by atoms with E-state index in [1.807, 2.05) is 24.3 Å². The highest BCUT2D eigenvalue weighted by Crippen LogP contribution is 2.29. The molecule has 0 bridgehead atoms. The lowest BCUT2D eigenvalue weighted by molar-refractivity contribution is -0.155. The summed E-state index contributed by atoms with van der Waals surface area (Å²) in [6.45, 7) is 6.21. The predicted molar refractivity (Wildman–Crippen MR) is 149 cm³/mol. The van der Waals surface area contributed by atoms with Crippen molar-refractivity contribution in [2.75, 3.05) is 85.9 Å². The van der Waals surface area contributed by atoms with E-state index in [4.69, 9.17) is 47.4 Å². The minimum absolute atomic E-state index is 0.0355. The summed E-state index contributed by atoms with van der Waals surface area (Å²) in [6, 6.07) is 12.7.